The van der Waals surface area contributed by atoms with Gasteiger partial charge in [0, 0.05) is 31.9 Å². The van der Waals surface area contributed by atoms with Crippen LogP contribution in [0.4, 0.5) is 5.69 Å². The third-order valence-electron chi connectivity index (χ3n) is 4.50. The van der Waals surface area contributed by atoms with E-state index in [9.17, 15) is 9.59 Å². The molecule has 0 bridgehead atoms. The number of nitrogens with two attached hydrogens (primary N) is 1. The van der Waals surface area contributed by atoms with Crippen molar-refractivity contribution in [3.8, 4) is 5.75 Å². The molecule has 2 amide bonds. The summed E-state index contributed by atoms with van der Waals surface area (Å²) in [5.41, 5.74) is 8.02. The number of anilines is 1. The highest BCUT2D eigenvalue weighted by Gasteiger charge is 2.22. The van der Waals surface area contributed by atoms with Crippen LogP contribution in [0.3, 0.4) is 0 Å². The van der Waals surface area contributed by atoms with Crippen molar-refractivity contribution in [3.63, 3.8) is 0 Å². The topological polar surface area (TPSA) is 75.9 Å². The van der Waals surface area contributed by atoms with Gasteiger partial charge in [-0.05, 0) is 36.8 Å². The molecule has 1 saturated heterocycles. The highest BCUT2D eigenvalue weighted by atomic mass is 16.5. The molecule has 1 aliphatic rings. The second-order valence-corrected chi connectivity index (χ2v) is 6.36. The molecule has 3 rings (SSSR count). The predicted octanol–water partition coefficient (Wildman–Crippen LogP) is 1.82. The summed E-state index contributed by atoms with van der Waals surface area (Å²) < 4.78 is 5.54. The van der Waals surface area contributed by atoms with E-state index < -0.39 is 5.91 Å². The Labute approximate surface area is 153 Å². The molecule has 6 nitrogen and oxygen atoms in total. The summed E-state index contributed by atoms with van der Waals surface area (Å²) in [4.78, 5) is 27.9. The van der Waals surface area contributed by atoms with E-state index in [1.807, 2.05) is 6.07 Å². The Hall–Kier alpha value is -3.02. The van der Waals surface area contributed by atoms with Crippen molar-refractivity contribution < 1.29 is 14.3 Å². The van der Waals surface area contributed by atoms with Gasteiger partial charge in [-0.25, -0.2) is 0 Å². The second kappa shape index (κ2) is 7.91. The number of carbonyl (C=O) groups is 2. The Balaban J connectivity index is 1.54. The van der Waals surface area contributed by atoms with Crippen molar-refractivity contribution in [1.82, 2.24) is 4.90 Å². The number of ether oxygens (including phenoxy) is 1. The fourth-order valence-electron chi connectivity index (χ4n) is 3.07. The summed E-state index contributed by atoms with van der Waals surface area (Å²) in [5, 5.41) is 0. The van der Waals surface area contributed by atoms with Gasteiger partial charge in [0.1, 0.15) is 5.75 Å². The number of rotatable bonds is 5. The standard InChI is InChI=1S/C20H23N3O3/c1-15-5-4-6-16(13-15)22-9-11-23(12-10-22)19(24)14-26-18-8-3-2-7-17(18)20(21)25/h2-8,13H,9-12,14H2,1H3,(H2,21,25). The maximum absolute atomic E-state index is 12.4. The maximum atomic E-state index is 12.4. The summed E-state index contributed by atoms with van der Waals surface area (Å²) in [6.45, 7) is 4.83. The number of amides is 2. The fraction of sp³-hybridized carbons (Fsp3) is 0.300. The number of aryl methyl sites for hydroxylation is 1. The number of hydrogen-bond donors (Lipinski definition) is 1. The van der Waals surface area contributed by atoms with Crippen molar-refractivity contribution in [1.29, 1.82) is 0 Å². The lowest BCUT2D eigenvalue weighted by Gasteiger charge is -2.36. The van der Waals surface area contributed by atoms with Gasteiger partial charge in [-0.15, -0.1) is 0 Å². The molecule has 2 aromatic carbocycles. The summed E-state index contributed by atoms with van der Waals surface area (Å²) >= 11 is 0. The largest absolute Gasteiger partial charge is 0.483 e. The van der Waals surface area contributed by atoms with E-state index in [0.29, 0.717) is 18.8 Å². The van der Waals surface area contributed by atoms with Crippen LogP contribution in [0, 0.1) is 6.92 Å². The SMILES string of the molecule is Cc1cccc(N2CCN(C(=O)COc3ccccc3C(N)=O)CC2)c1. The summed E-state index contributed by atoms with van der Waals surface area (Å²) in [7, 11) is 0. The molecule has 0 saturated carbocycles. The molecular weight excluding hydrogens is 330 g/mol. The van der Waals surface area contributed by atoms with Gasteiger partial charge in [-0.2, -0.15) is 0 Å². The number of primary amides is 1. The van der Waals surface area contributed by atoms with E-state index in [-0.39, 0.29) is 18.1 Å². The monoisotopic (exact) mass is 353 g/mol. The molecule has 26 heavy (non-hydrogen) atoms. The van der Waals surface area contributed by atoms with E-state index in [4.69, 9.17) is 10.5 Å². The van der Waals surface area contributed by atoms with Crippen LogP contribution in [0.15, 0.2) is 48.5 Å². The molecular formula is C20H23N3O3. The van der Waals surface area contributed by atoms with Gasteiger partial charge in [-0.1, -0.05) is 24.3 Å². The molecule has 136 valence electrons. The molecule has 0 unspecified atom stereocenters. The molecule has 2 N–H and O–H groups in total. The van der Waals surface area contributed by atoms with E-state index in [2.05, 4.69) is 30.0 Å². The van der Waals surface area contributed by atoms with Crippen LogP contribution in [0.25, 0.3) is 0 Å². The molecule has 0 spiro atoms. The smallest absolute Gasteiger partial charge is 0.260 e. The quantitative estimate of drug-likeness (QED) is 0.890. The minimum absolute atomic E-state index is 0.0897. The Bertz CT molecular complexity index is 798. The van der Waals surface area contributed by atoms with Crippen molar-refractivity contribution in [3.05, 3.63) is 59.7 Å². The predicted molar refractivity (Wildman–Crippen MR) is 100 cm³/mol. The van der Waals surface area contributed by atoms with E-state index in [1.165, 1.54) is 11.3 Å². The number of hydrogen-bond acceptors (Lipinski definition) is 4. The number of carbonyl (C=O) groups excluding carboxylic acids is 2. The lowest BCUT2D eigenvalue weighted by Crippen LogP contribution is -2.50. The van der Waals surface area contributed by atoms with Crippen LogP contribution in [0.2, 0.25) is 0 Å². The van der Waals surface area contributed by atoms with Crippen LogP contribution in [0.5, 0.6) is 5.75 Å². The number of benzene rings is 2. The summed E-state index contributed by atoms with van der Waals surface area (Å²) in [6, 6.07) is 15.0. The van der Waals surface area contributed by atoms with Gasteiger partial charge in [-0.3, -0.25) is 9.59 Å². The molecule has 0 atom stereocenters. The molecule has 0 radical (unpaired) electrons. The van der Waals surface area contributed by atoms with Gasteiger partial charge < -0.3 is 20.3 Å². The van der Waals surface area contributed by atoms with Crippen LogP contribution < -0.4 is 15.4 Å². The lowest BCUT2D eigenvalue weighted by molar-refractivity contribution is -0.133. The average Bonchev–Trinajstić information content (AvgIpc) is 2.66. The second-order valence-electron chi connectivity index (χ2n) is 6.36. The van der Waals surface area contributed by atoms with Crippen LogP contribution in [-0.4, -0.2) is 49.5 Å². The first kappa shape index (κ1) is 17.8. The molecule has 0 aromatic heterocycles. The molecule has 1 aliphatic heterocycles. The number of para-hydroxylation sites is 1. The van der Waals surface area contributed by atoms with Gasteiger partial charge in [0.25, 0.3) is 11.8 Å². The van der Waals surface area contributed by atoms with Crippen molar-refractivity contribution in [2.24, 2.45) is 5.73 Å². The van der Waals surface area contributed by atoms with Gasteiger partial charge in [0.2, 0.25) is 0 Å². The Morgan fingerprint density at radius 1 is 1.04 bits per heavy atom. The van der Waals surface area contributed by atoms with E-state index in [0.717, 1.165) is 13.1 Å². The third kappa shape index (κ3) is 4.14. The Morgan fingerprint density at radius 3 is 2.46 bits per heavy atom. The first-order valence-corrected chi connectivity index (χ1v) is 8.65. The minimum Gasteiger partial charge on any atom is -0.483 e. The molecule has 0 aliphatic carbocycles. The van der Waals surface area contributed by atoms with E-state index in [1.54, 1.807) is 29.2 Å². The normalized spacial score (nSPS) is 14.2. The van der Waals surface area contributed by atoms with Crippen molar-refractivity contribution >= 4 is 17.5 Å². The number of nitrogens with zero attached hydrogens (tertiary/aromatic N) is 2. The highest BCUT2D eigenvalue weighted by molar-refractivity contribution is 5.95. The molecule has 1 fully saturated rings. The molecule has 1 heterocycles. The molecule has 6 heteroatoms. The van der Waals surface area contributed by atoms with Gasteiger partial charge in [0.05, 0.1) is 5.56 Å². The van der Waals surface area contributed by atoms with Gasteiger partial charge in [0.15, 0.2) is 6.61 Å². The van der Waals surface area contributed by atoms with Crippen LogP contribution >= 0.6 is 0 Å². The molecule has 2 aromatic rings. The zero-order chi connectivity index (χ0) is 18.5. The van der Waals surface area contributed by atoms with Crippen LogP contribution in [-0.2, 0) is 4.79 Å². The highest BCUT2D eigenvalue weighted by Crippen LogP contribution is 2.19. The zero-order valence-electron chi connectivity index (χ0n) is 14.9. The first-order valence-electron chi connectivity index (χ1n) is 8.65. The van der Waals surface area contributed by atoms with Gasteiger partial charge >= 0.3 is 0 Å². The summed E-state index contributed by atoms with van der Waals surface area (Å²) in [6.07, 6.45) is 0. The minimum atomic E-state index is -0.570. The zero-order valence-corrected chi connectivity index (χ0v) is 14.9. The average molecular weight is 353 g/mol. The lowest BCUT2D eigenvalue weighted by atomic mass is 10.2. The Morgan fingerprint density at radius 2 is 1.77 bits per heavy atom. The number of piperazine rings is 1. The maximum Gasteiger partial charge on any atom is 0.260 e. The van der Waals surface area contributed by atoms with Crippen LogP contribution in [0.1, 0.15) is 15.9 Å². The van der Waals surface area contributed by atoms with Crippen molar-refractivity contribution in [2.45, 2.75) is 6.92 Å². The first-order chi connectivity index (χ1) is 12.5. The fourth-order valence-corrected chi connectivity index (χ4v) is 3.07. The van der Waals surface area contributed by atoms with Crippen molar-refractivity contribution in [2.75, 3.05) is 37.7 Å². The summed E-state index contributed by atoms with van der Waals surface area (Å²) in [5.74, 6) is -0.320. The van der Waals surface area contributed by atoms with E-state index >= 15 is 0 Å². The third-order valence-corrected chi connectivity index (χ3v) is 4.50. The Kier molecular flexibility index (Phi) is 5.41.